The van der Waals surface area contributed by atoms with Gasteiger partial charge in [0.25, 0.3) is 0 Å². The van der Waals surface area contributed by atoms with Crippen molar-refractivity contribution in [2.45, 2.75) is 25.8 Å². The minimum Gasteiger partial charge on any atom is -0.480 e. The standard InChI is InChI=1S/C12H15N3O4/c1-8-4-3-7-14(10(8)12(16)17)11-9(15(18)19)5-2-6-13-11/h2,5-6,8,10H,3-4,7H2,1H3,(H,16,17). The third-order valence-electron chi connectivity index (χ3n) is 3.42. The highest BCUT2D eigenvalue weighted by Crippen LogP contribution is 2.32. The first-order valence-electron chi connectivity index (χ1n) is 6.11. The molecule has 1 fully saturated rings. The van der Waals surface area contributed by atoms with Crippen molar-refractivity contribution in [3.8, 4) is 0 Å². The van der Waals surface area contributed by atoms with E-state index in [2.05, 4.69) is 4.98 Å². The molecule has 2 heterocycles. The van der Waals surface area contributed by atoms with E-state index in [9.17, 15) is 20.0 Å². The van der Waals surface area contributed by atoms with Crippen LogP contribution in [0.15, 0.2) is 18.3 Å². The van der Waals surface area contributed by atoms with Gasteiger partial charge >= 0.3 is 11.7 Å². The first kappa shape index (κ1) is 13.3. The monoisotopic (exact) mass is 265 g/mol. The predicted octanol–water partition coefficient (Wildman–Crippen LogP) is 1.68. The Morgan fingerprint density at radius 2 is 2.37 bits per heavy atom. The molecule has 1 aromatic heterocycles. The van der Waals surface area contributed by atoms with Crippen molar-refractivity contribution in [3.05, 3.63) is 28.4 Å². The second-order valence-corrected chi connectivity index (χ2v) is 4.70. The van der Waals surface area contributed by atoms with Gasteiger partial charge in [-0.05, 0) is 24.8 Å². The molecule has 2 atom stereocenters. The fraction of sp³-hybridized carbons (Fsp3) is 0.500. The zero-order valence-corrected chi connectivity index (χ0v) is 10.5. The van der Waals surface area contributed by atoms with Gasteiger partial charge in [0.2, 0.25) is 5.82 Å². The number of pyridine rings is 1. The molecular weight excluding hydrogens is 250 g/mol. The maximum atomic E-state index is 11.4. The van der Waals surface area contributed by atoms with Crippen LogP contribution in [0.1, 0.15) is 19.8 Å². The topological polar surface area (TPSA) is 96.6 Å². The van der Waals surface area contributed by atoms with Crippen molar-refractivity contribution in [2.75, 3.05) is 11.4 Å². The largest absolute Gasteiger partial charge is 0.480 e. The van der Waals surface area contributed by atoms with Crippen LogP contribution in [0.4, 0.5) is 11.5 Å². The molecule has 7 nitrogen and oxygen atoms in total. The lowest BCUT2D eigenvalue weighted by molar-refractivity contribution is -0.384. The number of hydrogen-bond donors (Lipinski definition) is 1. The summed E-state index contributed by atoms with van der Waals surface area (Å²) < 4.78 is 0. The van der Waals surface area contributed by atoms with E-state index < -0.39 is 16.9 Å². The third-order valence-corrected chi connectivity index (χ3v) is 3.42. The Bertz CT molecular complexity index is 506. The van der Waals surface area contributed by atoms with Gasteiger partial charge in [0.05, 0.1) is 4.92 Å². The molecule has 1 aromatic rings. The number of anilines is 1. The van der Waals surface area contributed by atoms with Crippen LogP contribution in [0, 0.1) is 16.0 Å². The van der Waals surface area contributed by atoms with Gasteiger partial charge < -0.3 is 10.0 Å². The highest BCUT2D eigenvalue weighted by molar-refractivity contribution is 5.79. The van der Waals surface area contributed by atoms with Crippen LogP contribution in [-0.2, 0) is 4.79 Å². The van der Waals surface area contributed by atoms with Crippen LogP contribution in [0.2, 0.25) is 0 Å². The zero-order chi connectivity index (χ0) is 14.0. The second kappa shape index (κ2) is 5.21. The molecule has 2 rings (SSSR count). The van der Waals surface area contributed by atoms with Crippen LogP contribution >= 0.6 is 0 Å². The molecule has 0 bridgehead atoms. The lowest BCUT2D eigenvalue weighted by Gasteiger charge is -2.37. The Morgan fingerprint density at radius 1 is 1.63 bits per heavy atom. The second-order valence-electron chi connectivity index (χ2n) is 4.70. The lowest BCUT2D eigenvalue weighted by atomic mass is 9.90. The van der Waals surface area contributed by atoms with E-state index in [1.54, 1.807) is 0 Å². The summed E-state index contributed by atoms with van der Waals surface area (Å²) in [5, 5.41) is 20.3. The van der Waals surface area contributed by atoms with Crippen LogP contribution in [-0.4, -0.2) is 33.6 Å². The Balaban J connectivity index is 2.44. The molecule has 7 heteroatoms. The third kappa shape index (κ3) is 2.49. The molecular formula is C12H15N3O4. The highest BCUT2D eigenvalue weighted by atomic mass is 16.6. The quantitative estimate of drug-likeness (QED) is 0.659. The molecule has 0 aliphatic carbocycles. The normalized spacial score (nSPS) is 23.1. The molecule has 1 saturated heterocycles. The number of carbonyl (C=O) groups is 1. The summed E-state index contributed by atoms with van der Waals surface area (Å²) in [6.45, 7) is 2.32. The van der Waals surface area contributed by atoms with Crippen molar-refractivity contribution < 1.29 is 14.8 Å². The SMILES string of the molecule is CC1CCCN(c2ncccc2[N+](=O)[O-])C1C(=O)O. The van der Waals surface area contributed by atoms with Gasteiger partial charge in [-0.3, -0.25) is 10.1 Å². The molecule has 0 aromatic carbocycles. The van der Waals surface area contributed by atoms with Crippen LogP contribution < -0.4 is 4.90 Å². The van der Waals surface area contributed by atoms with Crippen molar-refractivity contribution in [3.63, 3.8) is 0 Å². The van der Waals surface area contributed by atoms with Gasteiger partial charge in [0, 0.05) is 18.8 Å². The van der Waals surface area contributed by atoms with Gasteiger partial charge in [0.1, 0.15) is 6.04 Å². The van der Waals surface area contributed by atoms with E-state index in [1.165, 1.54) is 23.2 Å². The Hall–Kier alpha value is -2.18. The van der Waals surface area contributed by atoms with Crippen LogP contribution in [0.5, 0.6) is 0 Å². The lowest BCUT2D eigenvalue weighted by Crippen LogP contribution is -2.50. The summed E-state index contributed by atoms with van der Waals surface area (Å²) >= 11 is 0. The van der Waals surface area contributed by atoms with E-state index >= 15 is 0 Å². The van der Waals surface area contributed by atoms with E-state index in [-0.39, 0.29) is 17.4 Å². The van der Waals surface area contributed by atoms with Crippen LogP contribution in [0.3, 0.4) is 0 Å². The van der Waals surface area contributed by atoms with E-state index in [1.807, 2.05) is 6.92 Å². The van der Waals surface area contributed by atoms with Crippen molar-refractivity contribution in [1.29, 1.82) is 0 Å². The summed E-state index contributed by atoms with van der Waals surface area (Å²) in [6, 6.07) is 2.06. The number of hydrogen-bond acceptors (Lipinski definition) is 5. The molecule has 1 aliphatic heterocycles. The van der Waals surface area contributed by atoms with Gasteiger partial charge in [0.15, 0.2) is 0 Å². The van der Waals surface area contributed by atoms with E-state index in [0.717, 1.165) is 12.8 Å². The minimum atomic E-state index is -0.966. The maximum Gasteiger partial charge on any atom is 0.326 e. The summed E-state index contributed by atoms with van der Waals surface area (Å²) in [5.41, 5.74) is -0.150. The van der Waals surface area contributed by atoms with Gasteiger partial charge in [-0.25, -0.2) is 9.78 Å². The fourth-order valence-corrected chi connectivity index (χ4v) is 2.55. The predicted molar refractivity (Wildman–Crippen MR) is 68.1 cm³/mol. The fourth-order valence-electron chi connectivity index (χ4n) is 2.55. The van der Waals surface area contributed by atoms with Crippen LogP contribution in [0.25, 0.3) is 0 Å². The highest BCUT2D eigenvalue weighted by Gasteiger charge is 2.37. The Morgan fingerprint density at radius 3 is 3.00 bits per heavy atom. The molecule has 0 radical (unpaired) electrons. The van der Waals surface area contributed by atoms with E-state index in [4.69, 9.17) is 0 Å². The molecule has 0 spiro atoms. The zero-order valence-electron chi connectivity index (χ0n) is 10.5. The molecule has 0 amide bonds. The van der Waals surface area contributed by atoms with Gasteiger partial charge in [-0.15, -0.1) is 0 Å². The summed E-state index contributed by atoms with van der Waals surface area (Å²) in [7, 11) is 0. The number of aromatic nitrogens is 1. The average Bonchev–Trinajstić information content (AvgIpc) is 2.37. The maximum absolute atomic E-state index is 11.4. The van der Waals surface area contributed by atoms with Crippen molar-refractivity contribution in [2.24, 2.45) is 5.92 Å². The number of nitro groups is 1. The number of carboxylic acid groups (broad SMARTS) is 1. The number of aliphatic carboxylic acids is 1. The minimum absolute atomic E-state index is 0.0622. The van der Waals surface area contributed by atoms with Crippen molar-refractivity contribution >= 4 is 17.5 Å². The first-order valence-corrected chi connectivity index (χ1v) is 6.11. The molecule has 2 unspecified atom stereocenters. The number of piperidine rings is 1. The molecule has 1 N–H and O–H groups in total. The number of carboxylic acids is 1. The molecule has 19 heavy (non-hydrogen) atoms. The molecule has 102 valence electrons. The van der Waals surface area contributed by atoms with Crippen molar-refractivity contribution in [1.82, 2.24) is 4.98 Å². The van der Waals surface area contributed by atoms with Gasteiger partial charge in [-0.2, -0.15) is 0 Å². The smallest absolute Gasteiger partial charge is 0.326 e. The first-order chi connectivity index (χ1) is 9.02. The average molecular weight is 265 g/mol. The molecule has 0 saturated carbocycles. The van der Waals surface area contributed by atoms with E-state index in [0.29, 0.717) is 6.54 Å². The number of rotatable bonds is 3. The molecule has 1 aliphatic rings. The Labute approximate surface area is 110 Å². The number of nitrogens with zero attached hydrogens (tertiary/aromatic N) is 3. The summed E-state index contributed by atoms with van der Waals surface area (Å²) in [5.74, 6) is -0.883. The summed E-state index contributed by atoms with van der Waals surface area (Å²) in [6.07, 6.45) is 3.05. The Kier molecular flexibility index (Phi) is 3.64. The van der Waals surface area contributed by atoms with Gasteiger partial charge in [-0.1, -0.05) is 6.92 Å². The summed E-state index contributed by atoms with van der Waals surface area (Å²) in [4.78, 5) is 27.4.